The summed E-state index contributed by atoms with van der Waals surface area (Å²) in [6.07, 6.45) is 8.66. The minimum Gasteiger partial charge on any atom is -0.462 e. The van der Waals surface area contributed by atoms with Crippen molar-refractivity contribution in [3.05, 3.63) is 0 Å². The van der Waals surface area contributed by atoms with Gasteiger partial charge in [0.15, 0.2) is 18.5 Å². The van der Waals surface area contributed by atoms with E-state index in [0.29, 0.717) is 6.42 Å². The molecule has 0 N–H and O–H groups in total. The van der Waals surface area contributed by atoms with Crippen molar-refractivity contribution in [1.29, 1.82) is 0 Å². The Kier molecular flexibility index (Phi) is 28.5. The van der Waals surface area contributed by atoms with Crippen LogP contribution in [-0.2, 0) is 33.4 Å². The molecule has 0 aliphatic heterocycles. The molecule has 332 valence electrons. The molecule has 5 aliphatic carbocycles. The molecule has 10 heteroatoms. The SMILES string of the molecule is C.C.C.C.C.C.CCC(C)(C)C(=O)OC(C)C(F)(F)F.CCC(C)(C)C(=O)OC1CCCCC1.CCC(C)(C)C(=O)OCC(=O)C12CC3CC(CC(C3)C1)C2. The summed E-state index contributed by atoms with van der Waals surface area (Å²) in [5.74, 6) is 1.38. The van der Waals surface area contributed by atoms with Crippen LogP contribution in [0.5, 0.6) is 0 Å². The first-order valence-corrected chi connectivity index (χ1v) is 18.7. The topological polar surface area (TPSA) is 96.0 Å². The van der Waals surface area contributed by atoms with Crippen molar-refractivity contribution >= 4 is 23.7 Å². The molecule has 0 spiro atoms. The highest BCUT2D eigenvalue weighted by Gasteiger charge is 2.54. The van der Waals surface area contributed by atoms with Crippen LogP contribution in [0.1, 0.15) is 204 Å². The third kappa shape index (κ3) is 17.9. The van der Waals surface area contributed by atoms with Crippen molar-refractivity contribution < 1.29 is 46.6 Å². The maximum absolute atomic E-state index is 12.7. The van der Waals surface area contributed by atoms with Crippen LogP contribution in [-0.4, -0.2) is 48.7 Å². The first-order valence-electron chi connectivity index (χ1n) is 18.7. The molecule has 0 aromatic heterocycles. The van der Waals surface area contributed by atoms with Crippen molar-refractivity contribution in [2.45, 2.75) is 222 Å². The summed E-state index contributed by atoms with van der Waals surface area (Å²) in [6.45, 7) is 17.3. The number of carbonyl (C=O) groups is 4. The number of ketones is 1. The standard InChI is InChI=1S/C18H28O3.C12H22O2.C9H15F3O2.6CH4/c1-4-17(2,3)16(20)21-11-15(19)18-8-12-5-13(9-18)7-14(6-12)10-18;1-4-12(2,3)11(13)14-10-8-6-5-7-9-10;1-5-8(3,4)7(13)14-6(2)9(10,11)12;;;;;;/h12-14H,4-11H2,1-3H3;10H,4-9H2,1-3H3;6H,5H2,1-4H3;6*1H4. The zero-order valence-corrected chi connectivity index (χ0v) is 32.0. The fourth-order valence-corrected chi connectivity index (χ4v) is 7.25. The van der Waals surface area contributed by atoms with E-state index < -0.39 is 29.1 Å². The van der Waals surface area contributed by atoms with Gasteiger partial charge in [0, 0.05) is 5.41 Å². The Hall–Kier alpha value is -2.13. The second kappa shape index (κ2) is 25.3. The molecule has 0 heterocycles. The molecule has 7 nitrogen and oxygen atoms in total. The molecule has 1 atom stereocenters. The second-order valence-electron chi connectivity index (χ2n) is 17.2. The van der Waals surface area contributed by atoms with E-state index in [4.69, 9.17) is 9.47 Å². The quantitative estimate of drug-likeness (QED) is 0.152. The van der Waals surface area contributed by atoms with Gasteiger partial charge in [-0.25, -0.2) is 0 Å². The van der Waals surface area contributed by atoms with Gasteiger partial charge in [-0.3, -0.25) is 19.2 Å². The van der Waals surface area contributed by atoms with Crippen LogP contribution < -0.4 is 0 Å². The van der Waals surface area contributed by atoms with Crippen LogP contribution in [0.3, 0.4) is 0 Å². The predicted octanol–water partition coefficient (Wildman–Crippen LogP) is 13.8. The number of alkyl halides is 3. The van der Waals surface area contributed by atoms with Crippen molar-refractivity contribution in [3.8, 4) is 0 Å². The zero-order chi connectivity index (χ0) is 37.4. The van der Waals surface area contributed by atoms with Gasteiger partial charge in [0.05, 0.1) is 16.2 Å². The van der Waals surface area contributed by atoms with Gasteiger partial charge in [0.1, 0.15) is 6.10 Å². The zero-order valence-electron chi connectivity index (χ0n) is 32.0. The lowest BCUT2D eigenvalue weighted by atomic mass is 9.48. The summed E-state index contributed by atoms with van der Waals surface area (Å²) in [5.41, 5.74) is -1.80. The molecule has 55 heavy (non-hydrogen) atoms. The van der Waals surface area contributed by atoms with Gasteiger partial charge < -0.3 is 14.2 Å². The highest BCUT2D eigenvalue weighted by atomic mass is 19.4. The maximum Gasteiger partial charge on any atom is 0.425 e. The first kappa shape index (κ1) is 62.1. The minimum atomic E-state index is -4.49. The fourth-order valence-electron chi connectivity index (χ4n) is 7.25. The molecule has 0 saturated heterocycles. The van der Waals surface area contributed by atoms with Gasteiger partial charge in [0.2, 0.25) is 0 Å². The second-order valence-corrected chi connectivity index (χ2v) is 17.2. The van der Waals surface area contributed by atoms with E-state index >= 15 is 0 Å². The van der Waals surface area contributed by atoms with E-state index in [1.165, 1.54) is 38.5 Å². The summed E-state index contributed by atoms with van der Waals surface area (Å²) in [6, 6.07) is 0. The monoisotopic (exact) mass is 799 g/mol. The molecule has 5 fully saturated rings. The predicted molar refractivity (Wildman–Crippen MR) is 224 cm³/mol. The third-order valence-electron chi connectivity index (χ3n) is 11.8. The molecule has 1 unspecified atom stereocenters. The third-order valence-corrected chi connectivity index (χ3v) is 11.8. The van der Waals surface area contributed by atoms with E-state index in [0.717, 1.165) is 69.6 Å². The largest absolute Gasteiger partial charge is 0.462 e. The van der Waals surface area contributed by atoms with E-state index in [2.05, 4.69) is 4.74 Å². The van der Waals surface area contributed by atoms with E-state index in [1.54, 1.807) is 20.8 Å². The van der Waals surface area contributed by atoms with Gasteiger partial charge in [0.25, 0.3) is 0 Å². The Labute approximate surface area is 337 Å². The number of halogens is 3. The number of esters is 3. The lowest BCUT2D eigenvalue weighted by molar-refractivity contribution is -0.221. The van der Waals surface area contributed by atoms with Gasteiger partial charge in [-0.15, -0.1) is 0 Å². The van der Waals surface area contributed by atoms with Crippen molar-refractivity contribution in [2.75, 3.05) is 6.61 Å². The van der Waals surface area contributed by atoms with Crippen molar-refractivity contribution in [1.82, 2.24) is 0 Å². The first-order chi connectivity index (χ1) is 22.5. The van der Waals surface area contributed by atoms with Crippen LogP contribution in [0.25, 0.3) is 0 Å². The summed E-state index contributed by atoms with van der Waals surface area (Å²) in [4.78, 5) is 47.8. The number of carbonyl (C=O) groups excluding carboxylic acids is 4. The highest BCUT2D eigenvalue weighted by Crippen LogP contribution is 2.60. The summed E-state index contributed by atoms with van der Waals surface area (Å²) in [7, 11) is 0. The summed E-state index contributed by atoms with van der Waals surface area (Å²) < 4.78 is 51.2. The molecular weight excluding hydrogens is 709 g/mol. The molecule has 0 amide bonds. The lowest BCUT2D eigenvalue weighted by Gasteiger charge is -2.55. The number of rotatable bonds is 11. The molecule has 0 aromatic rings. The number of hydrogen-bond donors (Lipinski definition) is 0. The lowest BCUT2D eigenvalue weighted by Crippen LogP contribution is -2.51. The molecule has 0 radical (unpaired) electrons. The van der Waals surface area contributed by atoms with Crippen LogP contribution in [0, 0.1) is 39.4 Å². The Bertz CT molecular complexity index is 1080. The molecule has 5 saturated carbocycles. The normalized spacial score (nSPS) is 23.1. The Morgan fingerprint density at radius 2 is 0.982 bits per heavy atom. The van der Waals surface area contributed by atoms with Crippen LogP contribution >= 0.6 is 0 Å². The molecular formula is C45H89F3O7. The molecule has 5 aliphatic rings. The minimum absolute atomic E-state index is 0. The van der Waals surface area contributed by atoms with E-state index in [9.17, 15) is 32.3 Å². The summed E-state index contributed by atoms with van der Waals surface area (Å²) in [5, 5.41) is 0. The number of Topliss-reactive ketones (excluding diaryl/α,β-unsaturated/α-hetero) is 1. The molecule has 4 bridgehead atoms. The highest BCUT2D eigenvalue weighted by molar-refractivity contribution is 5.88. The van der Waals surface area contributed by atoms with Crippen molar-refractivity contribution in [2.24, 2.45) is 39.4 Å². The fraction of sp³-hybridized carbons (Fsp3) is 0.911. The van der Waals surface area contributed by atoms with Crippen molar-refractivity contribution in [3.63, 3.8) is 0 Å². The smallest absolute Gasteiger partial charge is 0.425 e. The van der Waals surface area contributed by atoms with Gasteiger partial charge in [-0.1, -0.05) is 71.8 Å². The maximum atomic E-state index is 12.7. The van der Waals surface area contributed by atoms with Crippen LogP contribution in [0.2, 0.25) is 0 Å². The van der Waals surface area contributed by atoms with E-state index in [-0.39, 0.29) is 85.8 Å². The Morgan fingerprint density at radius 1 is 0.618 bits per heavy atom. The van der Waals surface area contributed by atoms with Gasteiger partial charge in [-0.05, 0) is 150 Å². The number of ether oxygens (including phenoxy) is 3. The van der Waals surface area contributed by atoms with Gasteiger partial charge in [-0.2, -0.15) is 13.2 Å². The van der Waals surface area contributed by atoms with Gasteiger partial charge >= 0.3 is 24.1 Å². The Morgan fingerprint density at radius 3 is 1.35 bits per heavy atom. The average molecular weight is 799 g/mol. The number of hydrogen-bond acceptors (Lipinski definition) is 7. The average Bonchev–Trinajstić information content (AvgIpc) is 3.03. The van der Waals surface area contributed by atoms with E-state index in [1.807, 2.05) is 41.5 Å². The Balaban J connectivity index is -0.000000223. The molecule has 0 aromatic carbocycles. The van der Waals surface area contributed by atoms with Crippen LogP contribution in [0.4, 0.5) is 13.2 Å². The molecule has 5 rings (SSSR count). The van der Waals surface area contributed by atoms with Crippen LogP contribution in [0.15, 0.2) is 0 Å². The summed E-state index contributed by atoms with van der Waals surface area (Å²) >= 11 is 0.